The number of thioether (sulfide) groups is 2. The second kappa shape index (κ2) is 12.3. The number of para-hydroxylation sites is 1. The van der Waals surface area contributed by atoms with Crippen LogP contribution in [0.3, 0.4) is 0 Å². The lowest BCUT2D eigenvalue weighted by Gasteiger charge is -2.12. The molecule has 0 unspecified atom stereocenters. The molecule has 0 atom stereocenters. The van der Waals surface area contributed by atoms with Crippen molar-refractivity contribution in [3.63, 3.8) is 0 Å². The Balaban J connectivity index is 1.33. The van der Waals surface area contributed by atoms with Crippen molar-refractivity contribution in [1.29, 1.82) is 0 Å². The van der Waals surface area contributed by atoms with Gasteiger partial charge in [0.05, 0.1) is 4.91 Å². The largest absolute Gasteiger partial charge is 0.490 e. The predicted molar refractivity (Wildman–Crippen MR) is 143 cm³/mol. The maximum Gasteiger partial charge on any atom is 0.294 e. The second-order valence-corrected chi connectivity index (χ2v) is 9.50. The number of anilines is 1. The van der Waals surface area contributed by atoms with E-state index in [1.807, 2.05) is 66.9 Å². The highest BCUT2D eigenvalue weighted by atomic mass is 32.2. The van der Waals surface area contributed by atoms with Crippen LogP contribution in [0.5, 0.6) is 11.5 Å². The Morgan fingerprint density at radius 3 is 2.44 bits per heavy atom. The van der Waals surface area contributed by atoms with E-state index in [1.165, 1.54) is 0 Å². The molecule has 0 spiro atoms. The Labute approximate surface area is 217 Å². The Kier molecular flexibility index (Phi) is 8.70. The molecule has 3 aromatic rings. The van der Waals surface area contributed by atoms with Crippen LogP contribution in [0.25, 0.3) is 6.08 Å². The zero-order valence-corrected chi connectivity index (χ0v) is 21.1. The first-order chi connectivity index (χ1) is 17.5. The molecule has 0 aliphatic carbocycles. The van der Waals surface area contributed by atoms with E-state index in [9.17, 15) is 14.4 Å². The van der Waals surface area contributed by atoms with Gasteiger partial charge >= 0.3 is 0 Å². The van der Waals surface area contributed by atoms with Crippen LogP contribution in [0.1, 0.15) is 5.56 Å². The summed E-state index contributed by atoms with van der Waals surface area (Å²) in [4.78, 5) is 39.9. The highest BCUT2D eigenvalue weighted by molar-refractivity contribution is 8.18. The zero-order valence-electron chi connectivity index (χ0n) is 19.5. The number of nitrogens with one attached hydrogen (secondary N) is 1. The van der Waals surface area contributed by atoms with E-state index >= 15 is 0 Å². The first-order valence-electron chi connectivity index (χ1n) is 11.1. The molecule has 3 amide bonds. The van der Waals surface area contributed by atoms with E-state index in [0.29, 0.717) is 30.2 Å². The van der Waals surface area contributed by atoms with Gasteiger partial charge in [0.1, 0.15) is 31.3 Å². The van der Waals surface area contributed by atoms with Crippen LogP contribution in [0.2, 0.25) is 0 Å². The van der Waals surface area contributed by atoms with Crippen LogP contribution in [0.4, 0.5) is 10.5 Å². The zero-order chi connectivity index (χ0) is 25.3. The van der Waals surface area contributed by atoms with Crippen molar-refractivity contribution in [2.24, 2.45) is 0 Å². The molecule has 184 valence electrons. The summed E-state index contributed by atoms with van der Waals surface area (Å²) in [6, 6.07) is 24.0. The molecule has 0 bridgehead atoms. The summed E-state index contributed by atoms with van der Waals surface area (Å²) in [7, 11) is 0. The van der Waals surface area contributed by atoms with Crippen molar-refractivity contribution in [3.05, 3.63) is 89.3 Å². The van der Waals surface area contributed by atoms with Gasteiger partial charge in [-0.3, -0.25) is 19.3 Å². The fourth-order valence-corrected chi connectivity index (χ4v) is 4.66. The molecule has 36 heavy (non-hydrogen) atoms. The van der Waals surface area contributed by atoms with Gasteiger partial charge in [0.2, 0.25) is 5.91 Å². The number of carbonyl (C=O) groups excluding carboxylic acids is 3. The molecular weight excluding hydrogens is 496 g/mol. The minimum atomic E-state index is -0.499. The van der Waals surface area contributed by atoms with Crippen molar-refractivity contribution in [1.82, 2.24) is 4.90 Å². The molecule has 0 radical (unpaired) electrons. The van der Waals surface area contributed by atoms with Crippen LogP contribution < -0.4 is 14.8 Å². The average molecular weight is 521 g/mol. The maximum absolute atomic E-state index is 12.8. The van der Waals surface area contributed by atoms with E-state index in [4.69, 9.17) is 9.47 Å². The molecule has 4 rings (SSSR count). The molecule has 1 fully saturated rings. The van der Waals surface area contributed by atoms with Crippen LogP contribution in [-0.2, 0) is 9.59 Å². The monoisotopic (exact) mass is 520 g/mol. The number of hydrogen-bond acceptors (Lipinski definition) is 7. The number of benzene rings is 3. The molecule has 1 aliphatic heterocycles. The number of imide groups is 1. The summed E-state index contributed by atoms with van der Waals surface area (Å²) < 4.78 is 11.4. The van der Waals surface area contributed by atoms with Crippen molar-refractivity contribution in [3.8, 4) is 11.5 Å². The minimum Gasteiger partial charge on any atom is -0.490 e. The first-order valence-corrected chi connectivity index (χ1v) is 13.2. The van der Waals surface area contributed by atoms with Crippen molar-refractivity contribution in [2.45, 2.75) is 4.90 Å². The van der Waals surface area contributed by atoms with E-state index in [-0.39, 0.29) is 11.4 Å². The quantitative estimate of drug-likeness (QED) is 0.213. The second-order valence-electron chi connectivity index (χ2n) is 7.63. The standard InChI is InChI=1S/C27H24N2O5S2/c1-35-23-12-6-8-20(17-23)28-25(30)18-29-26(31)24(36-27(29)32)16-19-7-5-11-22(15-19)34-14-13-33-21-9-3-2-4-10-21/h2-12,15-17H,13-14,18H2,1H3,(H,28,30)/b24-16+. The van der Waals surface area contributed by atoms with Crippen molar-refractivity contribution < 1.29 is 23.9 Å². The van der Waals surface area contributed by atoms with Gasteiger partial charge in [-0.1, -0.05) is 36.4 Å². The number of amides is 3. The van der Waals surface area contributed by atoms with Gasteiger partial charge in [-0.25, -0.2) is 0 Å². The third-order valence-corrected chi connectivity index (χ3v) is 6.68. The molecule has 1 aliphatic rings. The van der Waals surface area contributed by atoms with Gasteiger partial charge in [0.25, 0.3) is 11.1 Å². The molecule has 0 aromatic heterocycles. The molecule has 1 saturated heterocycles. The van der Waals surface area contributed by atoms with Crippen molar-refractivity contribution >= 4 is 52.3 Å². The predicted octanol–water partition coefficient (Wildman–Crippen LogP) is 5.54. The van der Waals surface area contributed by atoms with Gasteiger partial charge in [-0.05, 0) is 72.1 Å². The summed E-state index contributed by atoms with van der Waals surface area (Å²) in [5.41, 5.74) is 1.32. The van der Waals surface area contributed by atoms with Crippen LogP contribution in [-0.4, -0.2) is 48.0 Å². The Morgan fingerprint density at radius 2 is 1.67 bits per heavy atom. The summed E-state index contributed by atoms with van der Waals surface area (Å²) in [5.74, 6) is 0.449. The minimum absolute atomic E-state index is 0.252. The summed E-state index contributed by atoms with van der Waals surface area (Å²) >= 11 is 2.36. The third kappa shape index (κ3) is 6.93. The molecule has 7 nitrogen and oxygen atoms in total. The van der Waals surface area contributed by atoms with Gasteiger partial charge < -0.3 is 14.8 Å². The maximum atomic E-state index is 12.8. The molecule has 3 aromatic carbocycles. The normalized spacial score (nSPS) is 14.2. The number of rotatable bonds is 10. The number of carbonyl (C=O) groups is 3. The molecule has 9 heteroatoms. The summed E-state index contributed by atoms with van der Waals surface area (Å²) in [6.07, 6.45) is 3.56. The van der Waals surface area contributed by atoms with Crippen LogP contribution >= 0.6 is 23.5 Å². The topological polar surface area (TPSA) is 84.9 Å². The SMILES string of the molecule is CSc1cccc(NC(=O)CN2C(=O)S/C(=C/c3cccc(OCCOc4ccccc4)c3)C2=O)c1. The van der Waals surface area contributed by atoms with Crippen molar-refractivity contribution in [2.75, 3.05) is 31.3 Å². The van der Waals surface area contributed by atoms with E-state index in [1.54, 1.807) is 36.0 Å². The summed E-state index contributed by atoms with van der Waals surface area (Å²) in [6.45, 7) is 0.386. The molecular formula is C27H24N2O5S2. The lowest BCUT2D eigenvalue weighted by atomic mass is 10.2. The number of ether oxygens (including phenoxy) is 2. The highest BCUT2D eigenvalue weighted by Crippen LogP contribution is 2.32. The molecule has 1 N–H and O–H groups in total. The fourth-order valence-electron chi connectivity index (χ4n) is 3.36. The molecule has 1 heterocycles. The first kappa shape index (κ1) is 25.4. The van der Waals surface area contributed by atoms with E-state index in [2.05, 4.69) is 5.32 Å². The molecule has 0 saturated carbocycles. The van der Waals surface area contributed by atoms with Gasteiger partial charge in [0.15, 0.2) is 0 Å². The lowest BCUT2D eigenvalue weighted by Crippen LogP contribution is -2.36. The van der Waals surface area contributed by atoms with Crippen LogP contribution in [0.15, 0.2) is 88.7 Å². The van der Waals surface area contributed by atoms with Gasteiger partial charge in [-0.2, -0.15) is 0 Å². The smallest absolute Gasteiger partial charge is 0.294 e. The Hall–Kier alpha value is -3.69. The lowest BCUT2D eigenvalue weighted by molar-refractivity contribution is -0.127. The summed E-state index contributed by atoms with van der Waals surface area (Å²) in [5, 5.41) is 2.26. The van der Waals surface area contributed by atoms with Gasteiger partial charge in [0, 0.05) is 10.6 Å². The Morgan fingerprint density at radius 1 is 0.944 bits per heavy atom. The highest BCUT2D eigenvalue weighted by Gasteiger charge is 2.36. The average Bonchev–Trinajstić information content (AvgIpc) is 3.14. The van der Waals surface area contributed by atoms with Gasteiger partial charge in [-0.15, -0.1) is 11.8 Å². The van der Waals surface area contributed by atoms with E-state index < -0.39 is 17.1 Å². The number of hydrogen-bond donors (Lipinski definition) is 1. The Bertz CT molecular complexity index is 1280. The third-order valence-electron chi connectivity index (χ3n) is 5.05. The fraction of sp³-hybridized carbons (Fsp3) is 0.148. The van der Waals surface area contributed by atoms with Crippen LogP contribution in [0, 0.1) is 0 Å². The number of nitrogens with zero attached hydrogens (tertiary/aromatic N) is 1. The van der Waals surface area contributed by atoms with E-state index in [0.717, 1.165) is 27.3 Å².